The molecule has 0 heterocycles. The highest BCUT2D eigenvalue weighted by molar-refractivity contribution is 6.04. The Morgan fingerprint density at radius 2 is 1.85 bits per heavy atom. The first-order chi connectivity index (χ1) is 9.45. The van der Waals surface area contributed by atoms with Gasteiger partial charge in [0, 0.05) is 28.0 Å². The fraction of sp³-hybridized carbons (Fsp3) is 0.235. The lowest BCUT2D eigenvalue weighted by atomic mass is 9.89. The summed E-state index contributed by atoms with van der Waals surface area (Å²) >= 11 is 0. The van der Waals surface area contributed by atoms with Crippen LogP contribution in [0.5, 0.6) is 0 Å². The van der Waals surface area contributed by atoms with E-state index in [1.165, 1.54) is 0 Å². The SMILES string of the molecule is CC1(C)Cc2cc(Nc3cccc(N)c3)ccc2C1=O. The smallest absolute Gasteiger partial charge is 0.169 e. The highest BCUT2D eigenvalue weighted by Gasteiger charge is 2.37. The summed E-state index contributed by atoms with van der Waals surface area (Å²) in [7, 11) is 0. The van der Waals surface area contributed by atoms with Crippen molar-refractivity contribution in [3.8, 4) is 0 Å². The molecule has 0 spiro atoms. The summed E-state index contributed by atoms with van der Waals surface area (Å²) in [6, 6.07) is 13.6. The van der Waals surface area contributed by atoms with Crippen molar-refractivity contribution in [2.24, 2.45) is 5.41 Å². The summed E-state index contributed by atoms with van der Waals surface area (Å²) in [5.41, 5.74) is 10.1. The molecule has 2 aromatic carbocycles. The monoisotopic (exact) mass is 266 g/mol. The largest absolute Gasteiger partial charge is 0.399 e. The van der Waals surface area contributed by atoms with Crippen LogP contribution in [0, 0.1) is 5.41 Å². The molecule has 20 heavy (non-hydrogen) atoms. The average Bonchev–Trinajstić information content (AvgIpc) is 2.59. The van der Waals surface area contributed by atoms with E-state index < -0.39 is 0 Å². The fourth-order valence-corrected chi connectivity index (χ4v) is 2.74. The lowest BCUT2D eigenvalue weighted by Crippen LogP contribution is -2.18. The van der Waals surface area contributed by atoms with Crippen molar-refractivity contribution in [3.05, 3.63) is 53.6 Å². The van der Waals surface area contributed by atoms with Crippen LogP contribution in [0.1, 0.15) is 29.8 Å². The fourth-order valence-electron chi connectivity index (χ4n) is 2.74. The molecule has 0 aromatic heterocycles. The van der Waals surface area contributed by atoms with E-state index in [0.29, 0.717) is 0 Å². The van der Waals surface area contributed by atoms with Crippen LogP contribution in [0.4, 0.5) is 17.1 Å². The summed E-state index contributed by atoms with van der Waals surface area (Å²) < 4.78 is 0. The van der Waals surface area contributed by atoms with E-state index in [0.717, 1.165) is 34.6 Å². The van der Waals surface area contributed by atoms with Crippen molar-refractivity contribution in [3.63, 3.8) is 0 Å². The first-order valence-electron chi connectivity index (χ1n) is 6.76. The van der Waals surface area contributed by atoms with Crippen LogP contribution in [-0.4, -0.2) is 5.78 Å². The Hall–Kier alpha value is -2.29. The van der Waals surface area contributed by atoms with E-state index in [1.54, 1.807) is 0 Å². The first-order valence-corrected chi connectivity index (χ1v) is 6.76. The lowest BCUT2D eigenvalue weighted by Gasteiger charge is -2.13. The standard InChI is InChI=1S/C17H18N2O/c1-17(2)10-11-8-14(6-7-15(11)16(17)20)19-13-5-3-4-12(18)9-13/h3-9,19H,10,18H2,1-2H3. The second-order valence-corrected chi connectivity index (χ2v) is 6.01. The molecule has 3 nitrogen and oxygen atoms in total. The number of nitrogen functional groups attached to an aromatic ring is 1. The summed E-state index contributed by atoms with van der Waals surface area (Å²) in [6.45, 7) is 4.00. The molecule has 0 saturated carbocycles. The number of carbonyl (C=O) groups excluding carboxylic acids is 1. The number of nitrogens with one attached hydrogen (secondary N) is 1. The van der Waals surface area contributed by atoms with Crippen molar-refractivity contribution in [2.75, 3.05) is 11.1 Å². The van der Waals surface area contributed by atoms with Crippen LogP contribution >= 0.6 is 0 Å². The van der Waals surface area contributed by atoms with Gasteiger partial charge in [0.05, 0.1) is 0 Å². The quantitative estimate of drug-likeness (QED) is 0.813. The van der Waals surface area contributed by atoms with E-state index in [2.05, 4.69) is 11.4 Å². The van der Waals surface area contributed by atoms with Gasteiger partial charge in [-0.05, 0) is 48.4 Å². The molecule has 1 aliphatic rings. The number of ketones is 1. The van der Waals surface area contributed by atoms with Gasteiger partial charge in [-0.1, -0.05) is 19.9 Å². The van der Waals surface area contributed by atoms with Gasteiger partial charge in [0.2, 0.25) is 0 Å². The molecule has 2 aromatic rings. The molecule has 0 saturated heterocycles. The highest BCUT2D eigenvalue weighted by atomic mass is 16.1. The van der Waals surface area contributed by atoms with Gasteiger partial charge in [-0.2, -0.15) is 0 Å². The highest BCUT2D eigenvalue weighted by Crippen LogP contribution is 2.37. The number of anilines is 3. The van der Waals surface area contributed by atoms with Crippen LogP contribution in [0.2, 0.25) is 0 Å². The molecule has 3 heteroatoms. The van der Waals surface area contributed by atoms with Crippen LogP contribution in [-0.2, 0) is 6.42 Å². The summed E-state index contributed by atoms with van der Waals surface area (Å²) in [4.78, 5) is 12.2. The molecule has 0 amide bonds. The van der Waals surface area contributed by atoms with Gasteiger partial charge in [-0.15, -0.1) is 0 Å². The molecule has 0 atom stereocenters. The van der Waals surface area contributed by atoms with Crippen molar-refractivity contribution < 1.29 is 4.79 Å². The number of benzene rings is 2. The second kappa shape index (κ2) is 4.37. The molecule has 3 rings (SSSR count). The number of Topliss-reactive ketones (excluding diaryl/α,β-unsaturated/α-hetero) is 1. The molecule has 1 aliphatic carbocycles. The predicted octanol–water partition coefficient (Wildman–Crippen LogP) is 3.78. The third kappa shape index (κ3) is 2.16. The molecule has 0 fully saturated rings. The van der Waals surface area contributed by atoms with Gasteiger partial charge < -0.3 is 11.1 Å². The molecule has 0 unspecified atom stereocenters. The molecule has 0 radical (unpaired) electrons. The summed E-state index contributed by atoms with van der Waals surface area (Å²) in [6.07, 6.45) is 0.799. The number of hydrogen-bond acceptors (Lipinski definition) is 3. The van der Waals surface area contributed by atoms with Crippen LogP contribution in [0.15, 0.2) is 42.5 Å². The Morgan fingerprint density at radius 3 is 2.60 bits per heavy atom. The summed E-state index contributed by atoms with van der Waals surface area (Å²) in [5, 5.41) is 3.33. The molecular formula is C17H18N2O. The third-order valence-corrected chi connectivity index (χ3v) is 3.77. The molecule has 102 valence electrons. The van der Waals surface area contributed by atoms with Crippen molar-refractivity contribution in [2.45, 2.75) is 20.3 Å². The first kappa shape index (κ1) is 12.7. The maximum Gasteiger partial charge on any atom is 0.169 e. The molecule has 0 bridgehead atoms. The van der Waals surface area contributed by atoms with Gasteiger partial charge in [-0.25, -0.2) is 0 Å². The van der Waals surface area contributed by atoms with Crippen molar-refractivity contribution >= 4 is 22.8 Å². The van der Waals surface area contributed by atoms with Crippen LogP contribution < -0.4 is 11.1 Å². The van der Waals surface area contributed by atoms with E-state index in [-0.39, 0.29) is 11.2 Å². The topological polar surface area (TPSA) is 55.1 Å². The second-order valence-electron chi connectivity index (χ2n) is 6.01. The van der Waals surface area contributed by atoms with Gasteiger partial charge in [0.1, 0.15) is 0 Å². The Kier molecular flexibility index (Phi) is 2.78. The van der Waals surface area contributed by atoms with Crippen molar-refractivity contribution in [1.82, 2.24) is 0 Å². The van der Waals surface area contributed by atoms with Gasteiger partial charge in [-0.3, -0.25) is 4.79 Å². The Bertz CT molecular complexity index is 689. The van der Waals surface area contributed by atoms with E-state index in [4.69, 9.17) is 5.73 Å². The van der Waals surface area contributed by atoms with Crippen LogP contribution in [0.25, 0.3) is 0 Å². The zero-order valence-electron chi connectivity index (χ0n) is 11.7. The van der Waals surface area contributed by atoms with Gasteiger partial charge >= 0.3 is 0 Å². The normalized spacial score (nSPS) is 16.0. The van der Waals surface area contributed by atoms with E-state index >= 15 is 0 Å². The maximum atomic E-state index is 12.2. The number of rotatable bonds is 2. The number of nitrogens with two attached hydrogens (primary N) is 1. The Balaban J connectivity index is 1.90. The predicted molar refractivity (Wildman–Crippen MR) is 82.4 cm³/mol. The number of carbonyl (C=O) groups is 1. The number of hydrogen-bond donors (Lipinski definition) is 2. The van der Waals surface area contributed by atoms with Gasteiger partial charge in [0.25, 0.3) is 0 Å². The maximum absolute atomic E-state index is 12.2. The van der Waals surface area contributed by atoms with Crippen LogP contribution in [0.3, 0.4) is 0 Å². The zero-order chi connectivity index (χ0) is 14.3. The van der Waals surface area contributed by atoms with E-state index in [1.807, 2.05) is 50.2 Å². The average molecular weight is 266 g/mol. The molecular weight excluding hydrogens is 248 g/mol. The van der Waals surface area contributed by atoms with Gasteiger partial charge in [0.15, 0.2) is 5.78 Å². The molecule has 0 aliphatic heterocycles. The van der Waals surface area contributed by atoms with E-state index in [9.17, 15) is 4.79 Å². The minimum atomic E-state index is -0.280. The zero-order valence-corrected chi connectivity index (χ0v) is 11.7. The Labute approximate surface area is 118 Å². The lowest BCUT2D eigenvalue weighted by molar-refractivity contribution is 0.0863. The minimum absolute atomic E-state index is 0.239. The number of fused-ring (bicyclic) bond motifs is 1. The molecule has 3 N–H and O–H groups in total. The van der Waals surface area contributed by atoms with Crippen molar-refractivity contribution in [1.29, 1.82) is 0 Å². The minimum Gasteiger partial charge on any atom is -0.399 e. The summed E-state index contributed by atoms with van der Waals surface area (Å²) in [5.74, 6) is 0.239. The third-order valence-electron chi connectivity index (χ3n) is 3.77. The Morgan fingerprint density at radius 1 is 1.10 bits per heavy atom.